The summed E-state index contributed by atoms with van der Waals surface area (Å²) in [7, 11) is 0. The van der Waals surface area contributed by atoms with Gasteiger partial charge in [0.05, 0.1) is 5.92 Å². The zero-order chi connectivity index (χ0) is 15.4. The van der Waals surface area contributed by atoms with Crippen LogP contribution in [0.4, 0.5) is 0 Å². The Kier molecular flexibility index (Phi) is 5.80. The zero-order valence-electron chi connectivity index (χ0n) is 12.9. The van der Waals surface area contributed by atoms with Gasteiger partial charge >= 0.3 is 0 Å². The maximum atomic E-state index is 12.6. The molecule has 0 radical (unpaired) electrons. The lowest BCUT2D eigenvalue weighted by Crippen LogP contribution is -2.42. The van der Waals surface area contributed by atoms with Crippen molar-refractivity contribution in [3.63, 3.8) is 0 Å². The Bertz CT molecular complexity index is 464. The Hall–Kier alpha value is -0.900. The molecule has 1 aliphatic heterocycles. The van der Waals surface area contributed by atoms with Gasteiger partial charge in [-0.1, -0.05) is 37.6 Å². The van der Waals surface area contributed by atoms with Crippen molar-refractivity contribution in [1.82, 2.24) is 4.90 Å². The van der Waals surface area contributed by atoms with Crippen LogP contribution in [0.25, 0.3) is 0 Å². The van der Waals surface area contributed by atoms with E-state index in [0.29, 0.717) is 16.8 Å². The first kappa shape index (κ1) is 16.5. The number of hydrogen-bond acceptors (Lipinski definition) is 3. The number of carbonyl (C=O) groups is 1. The second-order valence-electron chi connectivity index (χ2n) is 6.30. The summed E-state index contributed by atoms with van der Waals surface area (Å²) in [6.45, 7) is 6.69. The fourth-order valence-electron chi connectivity index (χ4n) is 2.85. The predicted molar refractivity (Wildman–Crippen MR) is 87.7 cm³/mol. The number of likely N-dealkylation sites (tertiary alicyclic amines) is 1. The van der Waals surface area contributed by atoms with Crippen molar-refractivity contribution in [3.8, 4) is 0 Å². The van der Waals surface area contributed by atoms with Gasteiger partial charge in [-0.25, -0.2) is 0 Å². The minimum Gasteiger partial charge on any atom is -0.328 e. The Balaban J connectivity index is 2.12. The molecule has 1 heterocycles. The third-order valence-corrected chi connectivity index (χ3v) is 4.51. The third-order valence-electron chi connectivity index (χ3n) is 4.26. The van der Waals surface area contributed by atoms with Crippen molar-refractivity contribution in [2.75, 3.05) is 19.6 Å². The van der Waals surface area contributed by atoms with E-state index in [1.165, 1.54) is 0 Å². The number of piperidine rings is 1. The van der Waals surface area contributed by atoms with Crippen LogP contribution in [0.15, 0.2) is 24.3 Å². The van der Waals surface area contributed by atoms with Gasteiger partial charge in [-0.05, 0) is 43.6 Å². The predicted octanol–water partition coefficient (Wildman–Crippen LogP) is 3.07. The molecule has 116 valence electrons. The number of hydrogen-bond donors (Lipinski definition) is 1. The summed E-state index contributed by atoms with van der Waals surface area (Å²) < 4.78 is 0. The zero-order valence-corrected chi connectivity index (χ0v) is 13.6. The summed E-state index contributed by atoms with van der Waals surface area (Å²) in [5, 5.41) is 0.707. The van der Waals surface area contributed by atoms with E-state index in [1.807, 2.05) is 38.1 Å². The van der Waals surface area contributed by atoms with Gasteiger partial charge in [0, 0.05) is 23.5 Å². The van der Waals surface area contributed by atoms with Crippen molar-refractivity contribution < 1.29 is 4.79 Å². The normalized spacial score (nSPS) is 18.9. The number of carbonyl (C=O) groups excluding carboxylic acids is 1. The van der Waals surface area contributed by atoms with Crippen molar-refractivity contribution in [2.24, 2.45) is 11.7 Å². The highest BCUT2D eigenvalue weighted by atomic mass is 35.5. The molecule has 0 unspecified atom stereocenters. The second-order valence-corrected chi connectivity index (χ2v) is 6.74. The highest BCUT2D eigenvalue weighted by Gasteiger charge is 2.27. The summed E-state index contributed by atoms with van der Waals surface area (Å²) in [5.41, 5.74) is 7.02. The minimum absolute atomic E-state index is 0.0396. The van der Waals surface area contributed by atoms with E-state index in [1.54, 1.807) is 0 Å². The summed E-state index contributed by atoms with van der Waals surface area (Å²) in [5.74, 6) is 0.265. The highest BCUT2D eigenvalue weighted by molar-refractivity contribution is 6.30. The van der Waals surface area contributed by atoms with E-state index in [4.69, 9.17) is 17.3 Å². The number of rotatable bonds is 5. The average Bonchev–Trinajstić information content (AvgIpc) is 2.47. The molecular weight excluding hydrogens is 284 g/mol. The van der Waals surface area contributed by atoms with Crippen molar-refractivity contribution in [2.45, 2.75) is 38.6 Å². The summed E-state index contributed by atoms with van der Waals surface area (Å²) >= 11 is 5.96. The maximum Gasteiger partial charge on any atom is 0.144 e. The monoisotopic (exact) mass is 308 g/mol. The van der Waals surface area contributed by atoms with Crippen molar-refractivity contribution >= 4 is 17.4 Å². The Morgan fingerprint density at radius 1 is 1.29 bits per heavy atom. The van der Waals surface area contributed by atoms with E-state index in [0.717, 1.165) is 38.0 Å². The molecule has 0 spiro atoms. The molecule has 1 atom stereocenters. The molecule has 1 aromatic carbocycles. The molecular formula is C17H25ClN2O. The lowest BCUT2D eigenvalue weighted by atomic mass is 9.88. The molecule has 4 heteroatoms. The summed E-state index contributed by atoms with van der Waals surface area (Å²) in [6, 6.07) is 8.00. The fourth-order valence-corrected chi connectivity index (χ4v) is 2.98. The van der Waals surface area contributed by atoms with Gasteiger partial charge in [0.15, 0.2) is 0 Å². The van der Waals surface area contributed by atoms with Crippen LogP contribution >= 0.6 is 11.6 Å². The van der Waals surface area contributed by atoms with Crippen LogP contribution in [0.2, 0.25) is 5.02 Å². The van der Waals surface area contributed by atoms with Gasteiger partial charge in [-0.15, -0.1) is 0 Å². The molecule has 2 N–H and O–H groups in total. The van der Waals surface area contributed by atoms with Gasteiger partial charge in [-0.2, -0.15) is 0 Å². The first-order valence-electron chi connectivity index (χ1n) is 7.74. The van der Waals surface area contributed by atoms with E-state index in [-0.39, 0.29) is 11.8 Å². The molecule has 0 aromatic heterocycles. The van der Waals surface area contributed by atoms with E-state index in [2.05, 4.69) is 4.90 Å². The Morgan fingerprint density at radius 2 is 1.86 bits per heavy atom. The van der Waals surface area contributed by atoms with Crippen molar-refractivity contribution in [3.05, 3.63) is 34.9 Å². The molecule has 1 fully saturated rings. The molecule has 3 nitrogen and oxygen atoms in total. The number of halogens is 1. The smallest absolute Gasteiger partial charge is 0.144 e. The van der Waals surface area contributed by atoms with E-state index >= 15 is 0 Å². The molecule has 21 heavy (non-hydrogen) atoms. The molecule has 1 saturated heterocycles. The van der Waals surface area contributed by atoms with Gasteiger partial charge < -0.3 is 10.6 Å². The van der Waals surface area contributed by atoms with Crippen LogP contribution in [0.1, 0.15) is 38.2 Å². The lowest BCUT2D eigenvalue weighted by Gasteiger charge is -2.33. The Labute approximate surface area is 132 Å². The summed E-state index contributed by atoms with van der Waals surface area (Å²) in [4.78, 5) is 14.9. The van der Waals surface area contributed by atoms with Crippen LogP contribution in [-0.2, 0) is 4.79 Å². The molecule has 0 amide bonds. The number of nitrogens with zero attached hydrogens (tertiary/aromatic N) is 1. The van der Waals surface area contributed by atoms with Crippen LogP contribution < -0.4 is 5.73 Å². The minimum atomic E-state index is -0.0726. The van der Waals surface area contributed by atoms with Crippen LogP contribution in [0, 0.1) is 5.92 Å². The SMILES string of the molecule is CC(C)C(=O)[C@@H](CN1CCC(N)CC1)c1ccc(Cl)cc1. The van der Waals surface area contributed by atoms with Gasteiger partial charge in [0.25, 0.3) is 0 Å². The fraction of sp³-hybridized carbons (Fsp3) is 0.588. The molecule has 2 rings (SSSR count). The molecule has 0 saturated carbocycles. The summed E-state index contributed by atoms with van der Waals surface area (Å²) in [6.07, 6.45) is 2.03. The second kappa shape index (κ2) is 7.39. The number of nitrogens with two attached hydrogens (primary N) is 1. The topological polar surface area (TPSA) is 46.3 Å². The quantitative estimate of drug-likeness (QED) is 0.909. The molecule has 1 aromatic rings. The number of benzene rings is 1. The number of ketones is 1. The first-order chi connectivity index (χ1) is 9.97. The van der Waals surface area contributed by atoms with Crippen LogP contribution in [0.3, 0.4) is 0 Å². The Morgan fingerprint density at radius 3 is 2.38 bits per heavy atom. The molecule has 1 aliphatic rings. The van der Waals surface area contributed by atoms with Crippen molar-refractivity contribution in [1.29, 1.82) is 0 Å². The number of Topliss-reactive ketones (excluding diaryl/α,β-unsaturated/α-hetero) is 1. The van der Waals surface area contributed by atoms with E-state index in [9.17, 15) is 4.79 Å². The average molecular weight is 309 g/mol. The van der Waals surface area contributed by atoms with Gasteiger partial charge in [0.2, 0.25) is 0 Å². The molecule has 0 bridgehead atoms. The largest absolute Gasteiger partial charge is 0.328 e. The highest BCUT2D eigenvalue weighted by Crippen LogP contribution is 2.25. The van der Waals surface area contributed by atoms with Gasteiger partial charge in [0.1, 0.15) is 5.78 Å². The molecule has 0 aliphatic carbocycles. The lowest BCUT2D eigenvalue weighted by molar-refractivity contribution is -0.123. The van der Waals surface area contributed by atoms with E-state index < -0.39 is 0 Å². The third kappa shape index (κ3) is 4.53. The maximum absolute atomic E-state index is 12.6. The first-order valence-corrected chi connectivity index (χ1v) is 8.12. The van der Waals surface area contributed by atoms with Crippen LogP contribution in [-0.4, -0.2) is 36.4 Å². The standard InChI is InChI=1S/C17H25ClN2O/c1-12(2)17(21)16(13-3-5-14(18)6-4-13)11-20-9-7-15(19)8-10-20/h3-6,12,15-16H,7-11,19H2,1-2H3/t16-/m0/s1. The van der Waals surface area contributed by atoms with Crippen LogP contribution in [0.5, 0.6) is 0 Å². The van der Waals surface area contributed by atoms with Gasteiger partial charge in [-0.3, -0.25) is 4.79 Å².